The summed E-state index contributed by atoms with van der Waals surface area (Å²) in [5.41, 5.74) is 0. The predicted octanol–water partition coefficient (Wildman–Crippen LogP) is 1.76. The Balaban J connectivity index is 2.57. The Hall–Kier alpha value is -1.81. The number of aromatic nitrogens is 1. The molecule has 1 aromatic carbocycles. The zero-order valence-electron chi connectivity index (χ0n) is 9.96. The molecule has 1 unspecified atom stereocenters. The van der Waals surface area contributed by atoms with E-state index in [2.05, 4.69) is 4.98 Å². The van der Waals surface area contributed by atoms with Gasteiger partial charge in [0.2, 0.25) is 0 Å². The molecule has 2 rings (SSSR count). The summed E-state index contributed by atoms with van der Waals surface area (Å²) in [4.78, 5) is 6.23. The van der Waals surface area contributed by atoms with Gasteiger partial charge in [-0.25, -0.2) is 4.98 Å². The molecule has 0 aliphatic rings. The fourth-order valence-corrected chi connectivity index (χ4v) is 1.75. The van der Waals surface area contributed by atoms with Crippen LogP contribution >= 0.6 is 0 Å². The topological polar surface area (TPSA) is 56.6 Å². The van der Waals surface area contributed by atoms with E-state index >= 15 is 0 Å². The standard InChI is InChI=1S/C13H16N2O2/c1-9(8-16)15(2)13-12-7-11(17)4-3-10(12)5-6-14-13/h3-7,9,16-17H,8H2,1-2H3. The van der Waals surface area contributed by atoms with Crippen molar-refractivity contribution in [3.63, 3.8) is 0 Å². The van der Waals surface area contributed by atoms with Gasteiger partial charge in [0, 0.05) is 18.6 Å². The number of benzene rings is 1. The molecule has 0 amide bonds. The van der Waals surface area contributed by atoms with Crippen molar-refractivity contribution in [3.8, 4) is 5.75 Å². The van der Waals surface area contributed by atoms with Gasteiger partial charge in [-0.2, -0.15) is 0 Å². The monoisotopic (exact) mass is 232 g/mol. The second-order valence-electron chi connectivity index (χ2n) is 4.18. The molecule has 2 aromatic rings. The normalized spacial score (nSPS) is 12.6. The molecule has 0 radical (unpaired) electrons. The van der Waals surface area contributed by atoms with Crippen molar-refractivity contribution >= 4 is 16.6 Å². The number of rotatable bonds is 3. The van der Waals surface area contributed by atoms with Crippen LogP contribution in [0.5, 0.6) is 5.75 Å². The zero-order chi connectivity index (χ0) is 12.4. The third-order valence-electron chi connectivity index (χ3n) is 2.99. The maximum absolute atomic E-state index is 9.54. The lowest BCUT2D eigenvalue weighted by molar-refractivity contribution is 0.270. The van der Waals surface area contributed by atoms with E-state index in [-0.39, 0.29) is 18.4 Å². The lowest BCUT2D eigenvalue weighted by Gasteiger charge is -2.25. The number of anilines is 1. The summed E-state index contributed by atoms with van der Waals surface area (Å²) in [6, 6.07) is 7.08. The van der Waals surface area contributed by atoms with E-state index in [1.165, 1.54) is 0 Å². The molecule has 1 aromatic heterocycles. The SMILES string of the molecule is CC(CO)N(C)c1nccc2ccc(O)cc12. The van der Waals surface area contributed by atoms with Crippen LogP contribution in [0.25, 0.3) is 10.8 Å². The molecule has 1 heterocycles. The Bertz CT molecular complexity index is 528. The number of hydrogen-bond acceptors (Lipinski definition) is 4. The molecular weight excluding hydrogens is 216 g/mol. The molecule has 4 nitrogen and oxygen atoms in total. The summed E-state index contributed by atoms with van der Waals surface area (Å²) in [6.45, 7) is 1.98. The van der Waals surface area contributed by atoms with Crippen LogP contribution in [0, 0.1) is 0 Å². The maximum atomic E-state index is 9.54. The molecule has 0 aliphatic heterocycles. The number of phenols is 1. The van der Waals surface area contributed by atoms with Gasteiger partial charge < -0.3 is 15.1 Å². The summed E-state index contributed by atoms with van der Waals surface area (Å²) in [5.74, 6) is 0.983. The first-order valence-electron chi connectivity index (χ1n) is 5.55. The average molecular weight is 232 g/mol. The molecule has 4 heteroatoms. The van der Waals surface area contributed by atoms with Crippen LogP contribution in [-0.4, -0.2) is 34.9 Å². The summed E-state index contributed by atoms with van der Waals surface area (Å²) in [6.07, 6.45) is 1.73. The molecule has 17 heavy (non-hydrogen) atoms. The van der Waals surface area contributed by atoms with Gasteiger partial charge in [0.15, 0.2) is 0 Å². The number of pyridine rings is 1. The van der Waals surface area contributed by atoms with Gasteiger partial charge in [0.25, 0.3) is 0 Å². The Morgan fingerprint density at radius 1 is 1.35 bits per heavy atom. The molecule has 2 N–H and O–H groups in total. The van der Waals surface area contributed by atoms with Gasteiger partial charge in [0.05, 0.1) is 12.6 Å². The van der Waals surface area contributed by atoms with Crippen LogP contribution < -0.4 is 4.90 Å². The van der Waals surface area contributed by atoms with Crippen LogP contribution in [0.15, 0.2) is 30.5 Å². The number of aromatic hydroxyl groups is 1. The van der Waals surface area contributed by atoms with Crippen LogP contribution in [0.3, 0.4) is 0 Å². The van der Waals surface area contributed by atoms with E-state index in [1.54, 1.807) is 18.3 Å². The third kappa shape index (κ3) is 2.17. The molecule has 0 spiro atoms. The van der Waals surface area contributed by atoms with Crippen molar-refractivity contribution in [1.82, 2.24) is 4.98 Å². The van der Waals surface area contributed by atoms with Gasteiger partial charge in [-0.1, -0.05) is 6.07 Å². The summed E-state index contributed by atoms with van der Waals surface area (Å²) >= 11 is 0. The van der Waals surface area contributed by atoms with Crippen molar-refractivity contribution < 1.29 is 10.2 Å². The quantitative estimate of drug-likeness (QED) is 0.846. The van der Waals surface area contributed by atoms with Crippen molar-refractivity contribution in [2.45, 2.75) is 13.0 Å². The maximum Gasteiger partial charge on any atom is 0.136 e. The highest BCUT2D eigenvalue weighted by Gasteiger charge is 2.13. The van der Waals surface area contributed by atoms with Crippen molar-refractivity contribution in [1.29, 1.82) is 0 Å². The van der Waals surface area contributed by atoms with Crippen LogP contribution in [0.4, 0.5) is 5.82 Å². The summed E-state index contributed by atoms with van der Waals surface area (Å²) in [7, 11) is 1.88. The summed E-state index contributed by atoms with van der Waals surface area (Å²) < 4.78 is 0. The fourth-order valence-electron chi connectivity index (χ4n) is 1.75. The van der Waals surface area contributed by atoms with E-state index in [9.17, 15) is 10.2 Å². The second kappa shape index (κ2) is 4.59. The van der Waals surface area contributed by atoms with Gasteiger partial charge in [-0.05, 0) is 30.5 Å². The van der Waals surface area contributed by atoms with Gasteiger partial charge in [0.1, 0.15) is 11.6 Å². The second-order valence-corrected chi connectivity index (χ2v) is 4.18. The van der Waals surface area contributed by atoms with Crippen LogP contribution in [0.1, 0.15) is 6.92 Å². The van der Waals surface area contributed by atoms with Crippen molar-refractivity contribution in [3.05, 3.63) is 30.5 Å². The predicted molar refractivity (Wildman–Crippen MR) is 68.4 cm³/mol. The van der Waals surface area contributed by atoms with E-state index < -0.39 is 0 Å². The number of nitrogens with zero attached hydrogens (tertiary/aromatic N) is 2. The first kappa shape index (κ1) is 11.7. The van der Waals surface area contributed by atoms with Crippen molar-refractivity contribution in [2.75, 3.05) is 18.6 Å². The highest BCUT2D eigenvalue weighted by Crippen LogP contribution is 2.27. The Morgan fingerprint density at radius 2 is 2.12 bits per heavy atom. The average Bonchev–Trinajstić information content (AvgIpc) is 2.36. The van der Waals surface area contributed by atoms with Gasteiger partial charge in [-0.3, -0.25) is 0 Å². The van der Waals surface area contributed by atoms with Crippen molar-refractivity contribution in [2.24, 2.45) is 0 Å². The Kier molecular flexibility index (Phi) is 3.15. The number of aliphatic hydroxyl groups excluding tert-OH is 1. The third-order valence-corrected chi connectivity index (χ3v) is 2.99. The van der Waals surface area contributed by atoms with E-state index in [1.807, 2.05) is 31.0 Å². The van der Waals surface area contributed by atoms with E-state index in [4.69, 9.17) is 0 Å². The fraction of sp³-hybridized carbons (Fsp3) is 0.308. The Labute approximate surface area is 100 Å². The minimum absolute atomic E-state index is 0.0181. The Morgan fingerprint density at radius 3 is 2.82 bits per heavy atom. The molecule has 0 aliphatic carbocycles. The molecular formula is C13H16N2O2. The first-order chi connectivity index (χ1) is 8.13. The largest absolute Gasteiger partial charge is 0.508 e. The van der Waals surface area contributed by atoms with Crippen LogP contribution in [-0.2, 0) is 0 Å². The molecule has 0 bridgehead atoms. The van der Waals surface area contributed by atoms with E-state index in [0.717, 1.165) is 16.6 Å². The lowest BCUT2D eigenvalue weighted by Crippen LogP contribution is -2.32. The summed E-state index contributed by atoms with van der Waals surface area (Å²) in [5, 5.41) is 20.6. The molecule has 90 valence electrons. The van der Waals surface area contributed by atoms with Gasteiger partial charge >= 0.3 is 0 Å². The number of phenolic OH excluding ortho intramolecular Hbond substituents is 1. The minimum Gasteiger partial charge on any atom is -0.508 e. The lowest BCUT2D eigenvalue weighted by atomic mass is 10.1. The van der Waals surface area contributed by atoms with E-state index in [0.29, 0.717) is 0 Å². The van der Waals surface area contributed by atoms with Gasteiger partial charge in [-0.15, -0.1) is 0 Å². The zero-order valence-corrected chi connectivity index (χ0v) is 9.96. The number of likely N-dealkylation sites (N-methyl/N-ethyl adjacent to an activating group) is 1. The number of fused-ring (bicyclic) bond motifs is 1. The minimum atomic E-state index is -0.0181. The number of aliphatic hydroxyl groups is 1. The molecule has 0 saturated carbocycles. The number of hydrogen-bond donors (Lipinski definition) is 2. The smallest absolute Gasteiger partial charge is 0.136 e. The highest BCUT2D eigenvalue weighted by molar-refractivity contribution is 5.93. The molecule has 0 saturated heterocycles. The molecule has 0 fully saturated rings. The highest BCUT2D eigenvalue weighted by atomic mass is 16.3. The molecule has 1 atom stereocenters. The first-order valence-corrected chi connectivity index (χ1v) is 5.55. The van der Waals surface area contributed by atoms with Crippen LogP contribution in [0.2, 0.25) is 0 Å².